The minimum atomic E-state index is -0.212. The second-order valence-electron chi connectivity index (χ2n) is 5.84. The lowest BCUT2D eigenvalue weighted by Crippen LogP contribution is -2.55. The molecule has 0 radical (unpaired) electrons. The summed E-state index contributed by atoms with van der Waals surface area (Å²) in [5.74, 6) is 0.0268. The predicted molar refractivity (Wildman–Crippen MR) is 80.1 cm³/mol. The number of fused-ring (bicyclic) bond motifs is 1. The van der Waals surface area contributed by atoms with Crippen molar-refractivity contribution >= 4 is 11.6 Å². The van der Waals surface area contributed by atoms with Crippen molar-refractivity contribution in [2.24, 2.45) is 5.92 Å². The van der Waals surface area contributed by atoms with Gasteiger partial charge in [0.2, 0.25) is 5.91 Å². The highest BCUT2D eigenvalue weighted by atomic mass is 16.5. The third-order valence-electron chi connectivity index (χ3n) is 4.48. The summed E-state index contributed by atoms with van der Waals surface area (Å²) in [7, 11) is 0. The summed E-state index contributed by atoms with van der Waals surface area (Å²) in [5, 5.41) is 12.9. The second-order valence-corrected chi connectivity index (χ2v) is 5.84. The van der Waals surface area contributed by atoms with Gasteiger partial charge in [-0.05, 0) is 25.0 Å². The highest BCUT2D eigenvalue weighted by Crippen LogP contribution is 2.30. The van der Waals surface area contributed by atoms with Crippen molar-refractivity contribution in [1.29, 1.82) is 0 Å². The number of hydrogen-bond donors (Lipinski definition) is 2. The van der Waals surface area contributed by atoms with Crippen molar-refractivity contribution in [3.05, 3.63) is 29.8 Å². The number of benzene rings is 1. The molecule has 3 rings (SSSR count). The first-order valence-corrected chi connectivity index (χ1v) is 7.54. The Hall–Kier alpha value is -1.59. The number of aliphatic hydroxyl groups is 1. The fraction of sp³-hybridized carbons (Fsp3) is 0.562. The second kappa shape index (κ2) is 6.03. The lowest BCUT2D eigenvalue weighted by molar-refractivity contribution is -0.146. The van der Waals surface area contributed by atoms with E-state index >= 15 is 0 Å². The van der Waals surface area contributed by atoms with Crippen molar-refractivity contribution in [3.8, 4) is 0 Å². The maximum atomic E-state index is 12.9. The number of aliphatic hydroxyl groups excluding tert-OH is 1. The maximum absolute atomic E-state index is 12.9. The summed E-state index contributed by atoms with van der Waals surface area (Å²) >= 11 is 0. The minimum absolute atomic E-state index is 0.0448. The first kappa shape index (κ1) is 14.4. The van der Waals surface area contributed by atoms with Gasteiger partial charge in [-0.15, -0.1) is 0 Å². The Labute approximate surface area is 124 Å². The molecular weight excluding hydrogens is 268 g/mol. The summed E-state index contributed by atoms with van der Waals surface area (Å²) in [6.45, 7) is 3.54. The largest absolute Gasteiger partial charge is 0.394 e. The Morgan fingerprint density at radius 3 is 3.10 bits per heavy atom. The van der Waals surface area contributed by atoms with E-state index in [1.165, 1.54) is 5.56 Å². The molecule has 1 aromatic rings. The van der Waals surface area contributed by atoms with Gasteiger partial charge < -0.3 is 20.1 Å². The van der Waals surface area contributed by atoms with Crippen molar-refractivity contribution in [1.82, 2.24) is 4.90 Å². The Bertz CT molecular complexity index is 520. The molecule has 3 unspecified atom stereocenters. The minimum Gasteiger partial charge on any atom is -0.394 e. The molecule has 0 spiro atoms. The molecule has 5 nitrogen and oxygen atoms in total. The van der Waals surface area contributed by atoms with Crippen LogP contribution < -0.4 is 5.32 Å². The number of hydrogen-bond acceptors (Lipinski definition) is 4. The van der Waals surface area contributed by atoms with Crippen LogP contribution >= 0.6 is 0 Å². The molecular formula is C16H22N2O3. The van der Waals surface area contributed by atoms with E-state index in [0.29, 0.717) is 19.8 Å². The fourth-order valence-electron chi connectivity index (χ4n) is 3.21. The van der Waals surface area contributed by atoms with Crippen LogP contribution in [0.5, 0.6) is 0 Å². The molecule has 114 valence electrons. The van der Waals surface area contributed by atoms with Crippen molar-refractivity contribution < 1.29 is 14.6 Å². The molecule has 2 aliphatic rings. The third kappa shape index (κ3) is 2.76. The van der Waals surface area contributed by atoms with Crippen LogP contribution in [0.15, 0.2) is 24.3 Å². The van der Waals surface area contributed by atoms with Gasteiger partial charge in [0.05, 0.1) is 31.8 Å². The highest BCUT2D eigenvalue weighted by molar-refractivity contribution is 5.82. The maximum Gasteiger partial charge on any atom is 0.228 e. The molecule has 2 N–H and O–H groups in total. The molecule has 0 aromatic heterocycles. The first-order chi connectivity index (χ1) is 10.2. The van der Waals surface area contributed by atoms with Crippen LogP contribution in [0.2, 0.25) is 0 Å². The van der Waals surface area contributed by atoms with Crippen molar-refractivity contribution in [2.75, 3.05) is 31.7 Å². The number of morpholine rings is 1. The molecule has 5 heteroatoms. The van der Waals surface area contributed by atoms with E-state index in [1.54, 1.807) is 4.90 Å². The number of rotatable bonds is 2. The molecule has 1 amide bonds. The SMILES string of the molecule is CC1Nc2ccccc2CC1C(=O)N1CCOCC1CO. The lowest BCUT2D eigenvalue weighted by atomic mass is 9.86. The van der Waals surface area contributed by atoms with Crippen LogP contribution in [0, 0.1) is 5.92 Å². The van der Waals surface area contributed by atoms with Gasteiger partial charge in [0.25, 0.3) is 0 Å². The zero-order valence-corrected chi connectivity index (χ0v) is 12.3. The molecule has 0 bridgehead atoms. The topological polar surface area (TPSA) is 61.8 Å². The van der Waals surface area contributed by atoms with E-state index in [0.717, 1.165) is 12.1 Å². The Kier molecular flexibility index (Phi) is 4.12. The number of ether oxygens (including phenoxy) is 1. The number of anilines is 1. The van der Waals surface area contributed by atoms with Crippen LogP contribution in [0.4, 0.5) is 5.69 Å². The lowest BCUT2D eigenvalue weighted by Gasteiger charge is -2.40. The molecule has 0 aliphatic carbocycles. The number of nitrogens with zero attached hydrogens (tertiary/aromatic N) is 1. The van der Waals surface area contributed by atoms with Crippen LogP contribution in [0.25, 0.3) is 0 Å². The van der Waals surface area contributed by atoms with E-state index in [2.05, 4.69) is 17.4 Å². The third-order valence-corrected chi connectivity index (χ3v) is 4.48. The monoisotopic (exact) mass is 290 g/mol. The number of carbonyl (C=O) groups excluding carboxylic acids is 1. The van der Waals surface area contributed by atoms with E-state index in [-0.39, 0.29) is 30.5 Å². The van der Waals surface area contributed by atoms with Crippen molar-refractivity contribution in [3.63, 3.8) is 0 Å². The first-order valence-electron chi connectivity index (χ1n) is 7.54. The normalized spacial score (nSPS) is 28.7. The molecule has 1 fully saturated rings. The zero-order chi connectivity index (χ0) is 14.8. The molecule has 0 saturated carbocycles. The number of nitrogens with one attached hydrogen (secondary N) is 1. The van der Waals surface area contributed by atoms with E-state index in [1.807, 2.05) is 19.1 Å². The summed E-state index contributed by atoms with van der Waals surface area (Å²) in [6.07, 6.45) is 0.749. The van der Waals surface area contributed by atoms with Gasteiger partial charge >= 0.3 is 0 Å². The fourth-order valence-corrected chi connectivity index (χ4v) is 3.21. The molecule has 1 saturated heterocycles. The quantitative estimate of drug-likeness (QED) is 0.849. The highest BCUT2D eigenvalue weighted by Gasteiger charge is 2.36. The molecule has 3 atom stereocenters. The Balaban J connectivity index is 1.78. The smallest absolute Gasteiger partial charge is 0.228 e. The van der Waals surface area contributed by atoms with Gasteiger partial charge in [-0.1, -0.05) is 18.2 Å². The Morgan fingerprint density at radius 2 is 2.29 bits per heavy atom. The average Bonchev–Trinajstić information content (AvgIpc) is 2.53. The van der Waals surface area contributed by atoms with Gasteiger partial charge in [0.1, 0.15) is 0 Å². The number of para-hydroxylation sites is 1. The van der Waals surface area contributed by atoms with Gasteiger partial charge in [-0.25, -0.2) is 0 Å². The average molecular weight is 290 g/mol. The summed E-state index contributed by atoms with van der Waals surface area (Å²) in [6, 6.07) is 8.01. The number of carbonyl (C=O) groups is 1. The molecule has 21 heavy (non-hydrogen) atoms. The van der Waals surface area contributed by atoms with Gasteiger partial charge in [0.15, 0.2) is 0 Å². The molecule has 2 heterocycles. The standard InChI is InChI=1S/C16H22N2O3/c1-11-14(8-12-4-2-3-5-15(12)17-11)16(20)18-6-7-21-10-13(18)9-19/h2-5,11,13-14,17,19H,6-10H2,1H3. The van der Waals surface area contributed by atoms with Gasteiger partial charge in [-0.3, -0.25) is 4.79 Å². The van der Waals surface area contributed by atoms with Crippen LogP contribution in [-0.4, -0.2) is 54.4 Å². The van der Waals surface area contributed by atoms with E-state index in [9.17, 15) is 9.90 Å². The number of amides is 1. The molecule has 1 aromatic carbocycles. The van der Waals surface area contributed by atoms with Crippen LogP contribution in [0.3, 0.4) is 0 Å². The zero-order valence-electron chi connectivity index (χ0n) is 12.3. The van der Waals surface area contributed by atoms with Gasteiger partial charge in [0, 0.05) is 18.3 Å². The summed E-state index contributed by atoms with van der Waals surface area (Å²) in [5.41, 5.74) is 2.30. The van der Waals surface area contributed by atoms with E-state index in [4.69, 9.17) is 4.74 Å². The van der Waals surface area contributed by atoms with Crippen molar-refractivity contribution in [2.45, 2.75) is 25.4 Å². The van der Waals surface area contributed by atoms with Crippen LogP contribution in [-0.2, 0) is 16.0 Å². The van der Waals surface area contributed by atoms with Gasteiger partial charge in [-0.2, -0.15) is 0 Å². The van der Waals surface area contributed by atoms with Crippen LogP contribution in [0.1, 0.15) is 12.5 Å². The summed E-state index contributed by atoms with van der Waals surface area (Å²) < 4.78 is 5.35. The Morgan fingerprint density at radius 1 is 1.48 bits per heavy atom. The predicted octanol–water partition coefficient (Wildman–Crippen LogP) is 0.879. The molecule has 2 aliphatic heterocycles. The van der Waals surface area contributed by atoms with E-state index < -0.39 is 0 Å². The summed E-state index contributed by atoms with van der Waals surface area (Å²) in [4.78, 5) is 14.7.